The molecule has 1 aromatic carbocycles. The van der Waals surface area contributed by atoms with Crippen LogP contribution in [0.15, 0.2) is 28.7 Å². The van der Waals surface area contributed by atoms with Gasteiger partial charge < -0.3 is 10.6 Å². The molecule has 17 heavy (non-hydrogen) atoms. The van der Waals surface area contributed by atoms with Gasteiger partial charge in [0.25, 0.3) is 0 Å². The second-order valence-electron chi connectivity index (χ2n) is 4.78. The number of likely N-dealkylation sites (tertiary alicyclic amines) is 1. The fourth-order valence-corrected chi connectivity index (χ4v) is 3.20. The number of halogens is 1. The summed E-state index contributed by atoms with van der Waals surface area (Å²) in [5.41, 5.74) is 7.03. The molecule has 0 aromatic heterocycles. The highest BCUT2D eigenvalue weighted by Crippen LogP contribution is 2.32. The zero-order valence-corrected chi connectivity index (χ0v) is 11.8. The van der Waals surface area contributed by atoms with E-state index in [0.717, 1.165) is 18.9 Å². The summed E-state index contributed by atoms with van der Waals surface area (Å²) in [5, 5.41) is 0. The molecule has 1 heterocycles. The van der Waals surface area contributed by atoms with Gasteiger partial charge in [0.2, 0.25) is 0 Å². The van der Waals surface area contributed by atoms with Crippen LogP contribution in [-0.2, 0) is 0 Å². The van der Waals surface area contributed by atoms with Gasteiger partial charge in [0, 0.05) is 4.47 Å². The largest absolute Gasteiger partial charge is 0.330 e. The lowest BCUT2D eigenvalue weighted by Crippen LogP contribution is -2.34. The Labute approximate surface area is 112 Å². The van der Waals surface area contributed by atoms with E-state index in [1.807, 2.05) is 0 Å². The molecule has 0 aliphatic carbocycles. The van der Waals surface area contributed by atoms with Crippen LogP contribution in [0.2, 0.25) is 0 Å². The van der Waals surface area contributed by atoms with E-state index in [1.54, 1.807) is 0 Å². The molecule has 1 aliphatic heterocycles. The van der Waals surface area contributed by atoms with Gasteiger partial charge in [-0.25, -0.2) is 0 Å². The highest BCUT2D eigenvalue weighted by Gasteiger charge is 2.21. The van der Waals surface area contributed by atoms with Crippen LogP contribution in [0, 0.1) is 0 Å². The number of hydrogen-bond donors (Lipinski definition) is 1. The fraction of sp³-hybridized carbons (Fsp3) is 0.571. The number of hydrogen-bond acceptors (Lipinski definition) is 2. The van der Waals surface area contributed by atoms with Crippen molar-refractivity contribution in [2.24, 2.45) is 5.73 Å². The molecule has 1 aliphatic rings. The summed E-state index contributed by atoms with van der Waals surface area (Å²) in [7, 11) is 0. The summed E-state index contributed by atoms with van der Waals surface area (Å²) in [6.07, 6.45) is 3.67. The van der Waals surface area contributed by atoms with Crippen molar-refractivity contribution in [2.45, 2.75) is 25.2 Å². The Kier molecular flexibility index (Phi) is 5.01. The summed E-state index contributed by atoms with van der Waals surface area (Å²) >= 11 is 3.66. The van der Waals surface area contributed by atoms with Crippen LogP contribution in [0.4, 0.5) is 0 Å². The summed E-state index contributed by atoms with van der Waals surface area (Å²) in [6.45, 7) is 4.40. The highest BCUT2D eigenvalue weighted by molar-refractivity contribution is 9.10. The van der Waals surface area contributed by atoms with Gasteiger partial charge in [0.05, 0.1) is 0 Å². The number of piperidine rings is 1. The predicted molar refractivity (Wildman–Crippen MR) is 76.2 cm³/mol. The molecule has 2 nitrogen and oxygen atoms in total. The van der Waals surface area contributed by atoms with E-state index in [0.29, 0.717) is 0 Å². The minimum Gasteiger partial charge on any atom is -0.330 e. The topological polar surface area (TPSA) is 29.3 Å². The van der Waals surface area contributed by atoms with E-state index in [4.69, 9.17) is 5.73 Å². The first-order chi connectivity index (χ1) is 8.31. The highest BCUT2D eigenvalue weighted by atomic mass is 79.9. The van der Waals surface area contributed by atoms with Gasteiger partial charge in [-0.15, -0.1) is 0 Å². The number of nitrogens with zero attached hydrogens (tertiary/aromatic N) is 1. The lowest BCUT2D eigenvalue weighted by atomic mass is 9.89. The van der Waals surface area contributed by atoms with Crippen molar-refractivity contribution in [3.05, 3.63) is 34.3 Å². The number of benzene rings is 1. The molecule has 0 amide bonds. The smallest absolute Gasteiger partial charge is 0.0210 e. The molecule has 2 rings (SSSR count). The normalized spacial score (nSPS) is 18.5. The molecular weight excluding hydrogens is 276 g/mol. The second kappa shape index (κ2) is 6.53. The average Bonchev–Trinajstić information content (AvgIpc) is 2.38. The van der Waals surface area contributed by atoms with Gasteiger partial charge in [-0.2, -0.15) is 0 Å². The summed E-state index contributed by atoms with van der Waals surface area (Å²) < 4.78 is 1.26. The first-order valence-corrected chi connectivity index (χ1v) is 7.27. The molecule has 1 aromatic rings. The average molecular weight is 297 g/mol. The van der Waals surface area contributed by atoms with E-state index >= 15 is 0 Å². The van der Waals surface area contributed by atoms with Crippen molar-refractivity contribution in [3.63, 3.8) is 0 Å². The van der Waals surface area contributed by atoms with E-state index in [2.05, 4.69) is 45.1 Å². The monoisotopic (exact) mass is 296 g/mol. The third-order valence-corrected chi connectivity index (χ3v) is 4.33. The second-order valence-corrected chi connectivity index (χ2v) is 5.63. The van der Waals surface area contributed by atoms with Crippen molar-refractivity contribution < 1.29 is 0 Å². The Balaban J connectivity index is 1.89. The van der Waals surface area contributed by atoms with Crippen molar-refractivity contribution in [2.75, 3.05) is 26.2 Å². The summed E-state index contributed by atoms with van der Waals surface area (Å²) in [6, 6.07) is 8.63. The van der Waals surface area contributed by atoms with Gasteiger partial charge in [0.15, 0.2) is 0 Å². The van der Waals surface area contributed by atoms with Crippen molar-refractivity contribution in [1.29, 1.82) is 0 Å². The zero-order valence-electron chi connectivity index (χ0n) is 10.2. The molecule has 0 spiro atoms. The zero-order chi connectivity index (χ0) is 12.1. The predicted octanol–water partition coefficient (Wildman–Crippen LogP) is 2.98. The molecule has 3 heteroatoms. The van der Waals surface area contributed by atoms with Gasteiger partial charge in [-0.3, -0.25) is 0 Å². The van der Waals surface area contributed by atoms with Crippen LogP contribution in [0.25, 0.3) is 0 Å². The molecule has 0 radical (unpaired) electrons. The third-order valence-electron chi connectivity index (χ3n) is 3.61. The van der Waals surface area contributed by atoms with E-state index in [-0.39, 0.29) is 0 Å². The van der Waals surface area contributed by atoms with E-state index in [1.165, 1.54) is 42.5 Å². The lowest BCUT2D eigenvalue weighted by molar-refractivity contribution is 0.211. The standard InChI is InChI=1S/C14H21BrN2/c15-14-5-2-1-4-13(14)12-6-10-17(11-7-12)9-3-8-16/h1-2,4-5,12H,3,6-11,16H2. The van der Waals surface area contributed by atoms with Gasteiger partial charge in [-0.05, 0) is 63.0 Å². The maximum atomic E-state index is 5.55. The van der Waals surface area contributed by atoms with Crippen LogP contribution in [0.3, 0.4) is 0 Å². The van der Waals surface area contributed by atoms with Gasteiger partial charge in [0.1, 0.15) is 0 Å². The molecule has 2 N–H and O–H groups in total. The molecule has 94 valence electrons. The Morgan fingerprint density at radius 3 is 2.59 bits per heavy atom. The van der Waals surface area contributed by atoms with E-state index in [9.17, 15) is 0 Å². The first-order valence-electron chi connectivity index (χ1n) is 6.48. The Morgan fingerprint density at radius 1 is 1.24 bits per heavy atom. The minimum atomic E-state index is 0.722. The molecule has 0 unspecified atom stereocenters. The van der Waals surface area contributed by atoms with Crippen molar-refractivity contribution in [3.8, 4) is 0 Å². The molecule has 1 saturated heterocycles. The Hall–Kier alpha value is -0.380. The van der Waals surface area contributed by atoms with Crippen molar-refractivity contribution in [1.82, 2.24) is 4.90 Å². The summed E-state index contributed by atoms with van der Waals surface area (Å²) in [4.78, 5) is 2.54. The van der Waals surface area contributed by atoms with Crippen LogP contribution in [0.1, 0.15) is 30.7 Å². The maximum Gasteiger partial charge on any atom is 0.0210 e. The lowest BCUT2D eigenvalue weighted by Gasteiger charge is -2.32. The molecular formula is C14H21BrN2. The van der Waals surface area contributed by atoms with Crippen LogP contribution in [0.5, 0.6) is 0 Å². The molecule has 0 saturated carbocycles. The quantitative estimate of drug-likeness (QED) is 0.926. The van der Waals surface area contributed by atoms with Crippen LogP contribution in [-0.4, -0.2) is 31.1 Å². The SMILES string of the molecule is NCCCN1CCC(c2ccccc2Br)CC1. The van der Waals surface area contributed by atoms with Crippen LogP contribution >= 0.6 is 15.9 Å². The first kappa shape index (κ1) is 13.1. The van der Waals surface area contributed by atoms with E-state index < -0.39 is 0 Å². The maximum absolute atomic E-state index is 5.55. The number of rotatable bonds is 4. The van der Waals surface area contributed by atoms with Crippen LogP contribution < -0.4 is 5.73 Å². The van der Waals surface area contributed by atoms with Crippen molar-refractivity contribution >= 4 is 15.9 Å². The van der Waals surface area contributed by atoms with Gasteiger partial charge >= 0.3 is 0 Å². The molecule has 0 bridgehead atoms. The summed E-state index contributed by atoms with van der Waals surface area (Å²) in [5.74, 6) is 0.722. The number of nitrogens with two attached hydrogens (primary N) is 1. The molecule has 0 atom stereocenters. The fourth-order valence-electron chi connectivity index (χ4n) is 2.59. The Morgan fingerprint density at radius 2 is 1.94 bits per heavy atom. The molecule has 1 fully saturated rings. The van der Waals surface area contributed by atoms with Gasteiger partial charge in [-0.1, -0.05) is 34.1 Å². The third kappa shape index (κ3) is 3.54. The minimum absolute atomic E-state index is 0.722. The Bertz CT molecular complexity index is 346.